The molecule has 0 unspecified atom stereocenters. The summed E-state index contributed by atoms with van der Waals surface area (Å²) in [5.74, 6) is 0.353. The minimum Gasteiger partial charge on any atom is -0.306 e. The van der Waals surface area contributed by atoms with E-state index in [-0.39, 0.29) is 11.2 Å². The van der Waals surface area contributed by atoms with Gasteiger partial charge in [-0.3, -0.25) is 14.9 Å². The van der Waals surface area contributed by atoms with Crippen molar-refractivity contribution in [2.75, 3.05) is 0 Å². The highest BCUT2D eigenvalue weighted by Gasteiger charge is 2.22. The molecule has 0 amide bonds. The Hall–Kier alpha value is -3.08. The Morgan fingerprint density at radius 3 is 2.76 bits per heavy atom. The molecule has 0 bridgehead atoms. The predicted molar refractivity (Wildman–Crippen MR) is 133 cm³/mol. The fraction of sp³-hybridized carbons (Fsp3) is 0.174. The molecule has 0 aliphatic heterocycles. The monoisotopic (exact) mass is 492 g/mol. The van der Waals surface area contributed by atoms with Gasteiger partial charge in [0.25, 0.3) is 11.2 Å². The van der Waals surface area contributed by atoms with Gasteiger partial charge in [0, 0.05) is 16.5 Å². The summed E-state index contributed by atoms with van der Waals surface area (Å²) in [6.07, 6.45) is 4.10. The number of thiophene rings is 1. The van der Waals surface area contributed by atoms with E-state index in [0.717, 1.165) is 45.8 Å². The summed E-state index contributed by atoms with van der Waals surface area (Å²) in [5, 5.41) is 12.5. The summed E-state index contributed by atoms with van der Waals surface area (Å²) >= 11 is 4.34. The Labute approximate surface area is 199 Å². The second-order valence-corrected chi connectivity index (χ2v) is 11.2. The number of H-pyrrole nitrogens is 1. The van der Waals surface area contributed by atoms with Gasteiger partial charge in [0.15, 0.2) is 4.34 Å². The number of thiazole rings is 1. The van der Waals surface area contributed by atoms with Crippen molar-refractivity contribution < 1.29 is 4.92 Å². The summed E-state index contributed by atoms with van der Waals surface area (Å²) < 4.78 is 1.78. The zero-order valence-electron chi connectivity index (χ0n) is 17.2. The third-order valence-electron chi connectivity index (χ3n) is 5.73. The van der Waals surface area contributed by atoms with Crippen molar-refractivity contribution in [1.29, 1.82) is 0 Å². The van der Waals surface area contributed by atoms with E-state index in [1.807, 2.05) is 24.3 Å². The highest BCUT2D eigenvalue weighted by molar-refractivity contribution is 8.01. The van der Waals surface area contributed by atoms with E-state index in [0.29, 0.717) is 26.5 Å². The van der Waals surface area contributed by atoms with Crippen molar-refractivity contribution in [1.82, 2.24) is 15.0 Å². The van der Waals surface area contributed by atoms with E-state index in [9.17, 15) is 14.9 Å². The molecule has 0 spiro atoms. The normalized spacial score (nSPS) is 13.5. The molecular formula is C23H16N4O3S3. The van der Waals surface area contributed by atoms with Gasteiger partial charge in [-0.25, -0.2) is 9.97 Å². The van der Waals surface area contributed by atoms with Crippen molar-refractivity contribution in [3.63, 3.8) is 0 Å². The van der Waals surface area contributed by atoms with Crippen LogP contribution < -0.4 is 5.56 Å². The number of aryl methyl sites for hydroxylation is 2. The number of rotatable bonds is 4. The molecular weight excluding hydrogens is 476 g/mol. The first-order chi connectivity index (χ1) is 16.1. The first-order valence-electron chi connectivity index (χ1n) is 10.4. The number of para-hydroxylation sites is 1. The highest BCUT2D eigenvalue weighted by Crippen LogP contribution is 2.40. The minimum absolute atomic E-state index is 0.0371. The van der Waals surface area contributed by atoms with Gasteiger partial charge in [-0.1, -0.05) is 23.9 Å². The van der Waals surface area contributed by atoms with Gasteiger partial charge in [0.1, 0.15) is 10.7 Å². The lowest BCUT2D eigenvalue weighted by Crippen LogP contribution is -2.11. The number of nitro groups is 1. The molecule has 10 heteroatoms. The lowest BCUT2D eigenvalue weighted by atomic mass is 9.97. The summed E-state index contributed by atoms with van der Waals surface area (Å²) in [5.41, 5.74) is 2.30. The maximum absolute atomic E-state index is 12.9. The average molecular weight is 493 g/mol. The maximum Gasteiger partial charge on any atom is 0.284 e. The lowest BCUT2D eigenvalue weighted by molar-refractivity contribution is -0.387. The predicted octanol–water partition coefficient (Wildman–Crippen LogP) is 6.20. The van der Waals surface area contributed by atoms with Crippen LogP contribution in [-0.2, 0) is 12.8 Å². The Bertz CT molecular complexity index is 1590. The molecule has 3 heterocycles. The van der Waals surface area contributed by atoms with Gasteiger partial charge in [-0.2, -0.15) is 0 Å². The maximum atomic E-state index is 12.9. The fourth-order valence-corrected chi connectivity index (χ4v) is 7.55. The van der Waals surface area contributed by atoms with Gasteiger partial charge in [-0.15, -0.1) is 22.7 Å². The van der Waals surface area contributed by atoms with Crippen LogP contribution in [0.2, 0.25) is 0 Å². The van der Waals surface area contributed by atoms with Gasteiger partial charge in [0.2, 0.25) is 0 Å². The molecule has 164 valence electrons. The summed E-state index contributed by atoms with van der Waals surface area (Å²) in [6, 6.07) is 12.7. The molecule has 3 aromatic heterocycles. The van der Waals surface area contributed by atoms with E-state index < -0.39 is 4.92 Å². The van der Waals surface area contributed by atoms with Crippen LogP contribution in [0.15, 0.2) is 56.5 Å². The molecule has 7 nitrogen and oxygen atoms in total. The Morgan fingerprint density at radius 1 is 1.06 bits per heavy atom. The van der Waals surface area contributed by atoms with Gasteiger partial charge in [0.05, 0.1) is 25.4 Å². The number of benzene rings is 2. The largest absolute Gasteiger partial charge is 0.306 e. The Morgan fingerprint density at radius 2 is 1.91 bits per heavy atom. The van der Waals surface area contributed by atoms with Gasteiger partial charge in [-0.05, 0) is 55.5 Å². The van der Waals surface area contributed by atoms with Crippen LogP contribution >= 0.6 is 34.4 Å². The number of aromatic nitrogens is 3. The number of aromatic amines is 1. The number of hydrogen-bond donors (Lipinski definition) is 1. The highest BCUT2D eigenvalue weighted by atomic mass is 32.2. The first kappa shape index (κ1) is 20.5. The van der Waals surface area contributed by atoms with Crippen LogP contribution in [0.5, 0.6) is 0 Å². The van der Waals surface area contributed by atoms with Crippen LogP contribution in [-0.4, -0.2) is 19.9 Å². The van der Waals surface area contributed by atoms with Crippen molar-refractivity contribution >= 4 is 60.6 Å². The minimum atomic E-state index is -0.403. The zero-order valence-corrected chi connectivity index (χ0v) is 19.6. The molecule has 1 aliphatic rings. The summed E-state index contributed by atoms with van der Waals surface area (Å²) in [7, 11) is 0. The topological polar surface area (TPSA) is 102 Å². The molecule has 5 aromatic rings. The molecule has 0 saturated heterocycles. The van der Waals surface area contributed by atoms with Gasteiger partial charge >= 0.3 is 0 Å². The SMILES string of the molecule is O=c1[nH]c(-c2ccc(Sc3nc4ccccc4s3)c([N+](=O)[O-])c2)nc2sc3c(c12)CCCC3. The number of fused-ring (bicyclic) bond motifs is 4. The molecule has 0 radical (unpaired) electrons. The molecule has 2 aromatic carbocycles. The Balaban J connectivity index is 1.41. The van der Waals surface area contributed by atoms with Crippen LogP contribution in [0, 0.1) is 10.1 Å². The number of nitro benzene ring substituents is 1. The standard InChI is InChI=1S/C23H16N4O3S3/c28-21-19-13-5-1-3-7-16(13)31-22(19)26-20(25-21)12-9-10-18(15(11-12)27(29)30)33-23-24-14-6-2-4-8-17(14)32-23/h2,4,6,8-11H,1,3,5,7H2,(H,25,26,28). The molecule has 0 saturated carbocycles. The van der Waals surface area contributed by atoms with E-state index in [1.165, 1.54) is 34.0 Å². The number of nitrogens with one attached hydrogen (secondary N) is 1. The third-order valence-corrected chi connectivity index (χ3v) is 9.07. The molecule has 0 fully saturated rings. The average Bonchev–Trinajstić information content (AvgIpc) is 3.39. The summed E-state index contributed by atoms with van der Waals surface area (Å²) in [6.45, 7) is 0. The molecule has 1 N–H and O–H groups in total. The first-order valence-corrected chi connectivity index (χ1v) is 12.9. The summed E-state index contributed by atoms with van der Waals surface area (Å²) in [4.78, 5) is 38.9. The van der Waals surface area contributed by atoms with Crippen LogP contribution in [0.1, 0.15) is 23.3 Å². The van der Waals surface area contributed by atoms with E-state index >= 15 is 0 Å². The van der Waals surface area contributed by atoms with Crippen LogP contribution in [0.4, 0.5) is 5.69 Å². The second-order valence-electron chi connectivity index (χ2n) is 7.79. The van der Waals surface area contributed by atoms with Crippen molar-refractivity contribution in [3.05, 3.63) is 73.4 Å². The third kappa shape index (κ3) is 3.64. The van der Waals surface area contributed by atoms with Crippen molar-refractivity contribution in [3.8, 4) is 11.4 Å². The fourth-order valence-electron chi connectivity index (χ4n) is 4.18. The van der Waals surface area contributed by atoms with Gasteiger partial charge < -0.3 is 4.98 Å². The zero-order chi connectivity index (χ0) is 22.5. The Kier molecular flexibility index (Phi) is 5.01. The number of nitrogens with zero attached hydrogens (tertiary/aromatic N) is 3. The van der Waals surface area contributed by atoms with E-state index in [4.69, 9.17) is 0 Å². The molecule has 1 aliphatic carbocycles. The van der Waals surface area contributed by atoms with E-state index in [1.54, 1.807) is 23.5 Å². The van der Waals surface area contributed by atoms with Crippen molar-refractivity contribution in [2.24, 2.45) is 0 Å². The van der Waals surface area contributed by atoms with Crippen LogP contribution in [0.3, 0.4) is 0 Å². The second kappa shape index (κ2) is 8.05. The number of hydrogen-bond acceptors (Lipinski definition) is 8. The molecule has 0 atom stereocenters. The quantitative estimate of drug-likeness (QED) is 0.237. The molecule has 6 rings (SSSR count). The van der Waals surface area contributed by atoms with Crippen LogP contribution in [0.25, 0.3) is 31.8 Å². The smallest absolute Gasteiger partial charge is 0.284 e. The van der Waals surface area contributed by atoms with E-state index in [2.05, 4.69) is 15.0 Å². The molecule has 33 heavy (non-hydrogen) atoms. The van der Waals surface area contributed by atoms with Crippen molar-refractivity contribution in [2.45, 2.75) is 34.9 Å². The lowest BCUT2D eigenvalue weighted by Gasteiger charge is -2.09.